The van der Waals surface area contributed by atoms with Crippen molar-refractivity contribution in [2.45, 2.75) is 32.8 Å². The van der Waals surface area contributed by atoms with Gasteiger partial charge < -0.3 is 10.1 Å². The minimum Gasteiger partial charge on any atom is -0.459 e. The molecule has 22 heavy (non-hydrogen) atoms. The Morgan fingerprint density at radius 2 is 2.18 bits per heavy atom. The smallest absolute Gasteiger partial charge is 0.325 e. The summed E-state index contributed by atoms with van der Waals surface area (Å²) in [6, 6.07) is 3.30. The van der Waals surface area contributed by atoms with E-state index in [0.29, 0.717) is 5.15 Å². The van der Waals surface area contributed by atoms with Crippen LogP contribution in [0.3, 0.4) is 0 Å². The van der Waals surface area contributed by atoms with Gasteiger partial charge in [0.1, 0.15) is 17.3 Å². The summed E-state index contributed by atoms with van der Waals surface area (Å²) in [4.78, 5) is 25.6. The second-order valence-electron chi connectivity index (χ2n) is 5.55. The molecular weight excluding hydrogens is 310 g/mol. The quantitative estimate of drug-likeness (QED) is 0.373. The lowest BCUT2D eigenvalue weighted by atomic mass is 10.1. The zero-order chi connectivity index (χ0) is 16.8. The summed E-state index contributed by atoms with van der Waals surface area (Å²) >= 11 is 5.69. The fourth-order valence-corrected chi connectivity index (χ4v) is 1.69. The molecule has 1 rings (SSSR count). The number of pyridine rings is 1. The van der Waals surface area contributed by atoms with Crippen molar-refractivity contribution in [1.29, 1.82) is 0 Å². The maximum absolute atomic E-state index is 11.6. The summed E-state index contributed by atoms with van der Waals surface area (Å²) in [7, 11) is 0. The molecule has 1 aromatic heterocycles. The molecule has 0 aliphatic rings. The van der Waals surface area contributed by atoms with E-state index in [-0.39, 0.29) is 18.7 Å². The third kappa shape index (κ3) is 7.58. The number of ether oxygens (including phenoxy) is 1. The fraction of sp³-hybridized carbons (Fsp3) is 0.429. The summed E-state index contributed by atoms with van der Waals surface area (Å²) in [5.41, 5.74) is 0.403. The Kier molecular flexibility index (Phi) is 6.30. The molecule has 7 nitrogen and oxygen atoms in total. The number of nitro groups is 1. The zero-order valence-electron chi connectivity index (χ0n) is 12.6. The highest BCUT2D eigenvalue weighted by atomic mass is 35.5. The number of esters is 1. The zero-order valence-corrected chi connectivity index (χ0v) is 13.4. The van der Waals surface area contributed by atoms with Gasteiger partial charge in [0.25, 0.3) is 6.20 Å². The molecule has 0 radical (unpaired) electrons. The maximum atomic E-state index is 11.6. The lowest BCUT2D eigenvalue weighted by Gasteiger charge is -2.20. The normalized spacial score (nSPS) is 11.9. The van der Waals surface area contributed by atoms with Crippen molar-refractivity contribution in [3.05, 3.63) is 51.1 Å². The van der Waals surface area contributed by atoms with Crippen LogP contribution in [-0.2, 0) is 16.0 Å². The highest BCUT2D eigenvalue weighted by Gasteiger charge is 2.16. The molecule has 0 bridgehead atoms. The van der Waals surface area contributed by atoms with Gasteiger partial charge in [-0.3, -0.25) is 14.9 Å². The highest BCUT2D eigenvalue weighted by Crippen LogP contribution is 2.10. The van der Waals surface area contributed by atoms with E-state index in [0.717, 1.165) is 11.8 Å². The Balaban J connectivity index is 2.68. The molecule has 0 unspecified atom stereocenters. The number of hydrogen-bond donors (Lipinski definition) is 1. The molecule has 1 N–H and O–H groups in total. The second-order valence-corrected chi connectivity index (χ2v) is 5.93. The van der Waals surface area contributed by atoms with E-state index in [9.17, 15) is 14.9 Å². The van der Waals surface area contributed by atoms with Crippen molar-refractivity contribution in [2.75, 3.05) is 6.54 Å². The molecule has 1 aromatic rings. The topological polar surface area (TPSA) is 94.4 Å². The molecule has 120 valence electrons. The van der Waals surface area contributed by atoms with Gasteiger partial charge in [-0.15, -0.1) is 0 Å². The van der Waals surface area contributed by atoms with E-state index < -0.39 is 16.5 Å². The fourth-order valence-electron chi connectivity index (χ4n) is 1.58. The van der Waals surface area contributed by atoms with E-state index >= 15 is 0 Å². The number of rotatable bonds is 6. The summed E-state index contributed by atoms with van der Waals surface area (Å²) in [6.45, 7) is 5.09. The number of hydrogen-bond acceptors (Lipinski definition) is 6. The standard InChI is InChI=1S/C14H18ClN3O4/c1-14(2,3)22-13(19)8-16-11(9-18(20)21)6-10-4-5-12(15)17-7-10/h4-5,7,9,16H,6,8H2,1-3H3/b11-9-. The largest absolute Gasteiger partial charge is 0.459 e. The van der Waals surface area contributed by atoms with Crippen LogP contribution in [0.15, 0.2) is 30.2 Å². The lowest BCUT2D eigenvalue weighted by Crippen LogP contribution is -2.31. The van der Waals surface area contributed by atoms with E-state index in [1.807, 2.05) is 0 Å². The van der Waals surface area contributed by atoms with Crippen LogP contribution in [0.4, 0.5) is 0 Å². The Morgan fingerprint density at radius 1 is 1.50 bits per heavy atom. The molecule has 0 atom stereocenters. The minimum absolute atomic E-state index is 0.155. The Hall–Kier alpha value is -2.15. The first kappa shape index (κ1) is 17.9. The molecule has 0 saturated carbocycles. The van der Waals surface area contributed by atoms with Crippen LogP contribution in [0.2, 0.25) is 5.15 Å². The first-order valence-corrected chi connectivity index (χ1v) is 6.94. The van der Waals surface area contributed by atoms with Crippen molar-refractivity contribution < 1.29 is 14.5 Å². The lowest BCUT2D eigenvalue weighted by molar-refractivity contribution is -0.403. The Morgan fingerprint density at radius 3 is 2.68 bits per heavy atom. The summed E-state index contributed by atoms with van der Waals surface area (Å²) in [5.74, 6) is -0.490. The van der Waals surface area contributed by atoms with Crippen LogP contribution in [0, 0.1) is 10.1 Å². The van der Waals surface area contributed by atoms with Crippen molar-refractivity contribution in [3.63, 3.8) is 0 Å². The van der Waals surface area contributed by atoms with Crippen molar-refractivity contribution in [1.82, 2.24) is 10.3 Å². The van der Waals surface area contributed by atoms with Gasteiger partial charge in [-0.05, 0) is 32.4 Å². The number of carbonyl (C=O) groups is 1. The third-order valence-electron chi connectivity index (χ3n) is 2.32. The van der Waals surface area contributed by atoms with Crippen molar-refractivity contribution in [2.24, 2.45) is 0 Å². The van der Waals surface area contributed by atoms with Gasteiger partial charge in [0.2, 0.25) is 0 Å². The summed E-state index contributed by atoms with van der Waals surface area (Å²) in [6.07, 6.45) is 2.57. The number of aromatic nitrogens is 1. The average Bonchev–Trinajstić information content (AvgIpc) is 2.36. The molecule has 0 aliphatic carbocycles. The van der Waals surface area contributed by atoms with E-state index in [1.54, 1.807) is 32.9 Å². The maximum Gasteiger partial charge on any atom is 0.325 e. The van der Waals surface area contributed by atoms with Crippen LogP contribution >= 0.6 is 11.6 Å². The third-order valence-corrected chi connectivity index (χ3v) is 2.55. The highest BCUT2D eigenvalue weighted by molar-refractivity contribution is 6.29. The first-order chi connectivity index (χ1) is 10.2. The van der Waals surface area contributed by atoms with Gasteiger partial charge in [0.05, 0.1) is 10.6 Å². The molecule has 1 heterocycles. The van der Waals surface area contributed by atoms with Crippen LogP contribution in [0.1, 0.15) is 26.3 Å². The first-order valence-electron chi connectivity index (χ1n) is 6.56. The van der Waals surface area contributed by atoms with Crippen LogP contribution in [0.25, 0.3) is 0 Å². The van der Waals surface area contributed by atoms with Gasteiger partial charge in [-0.25, -0.2) is 4.98 Å². The molecular formula is C14H18ClN3O4. The van der Waals surface area contributed by atoms with Gasteiger partial charge in [-0.2, -0.15) is 0 Å². The van der Waals surface area contributed by atoms with Gasteiger partial charge in [0.15, 0.2) is 0 Å². The average molecular weight is 328 g/mol. The number of nitrogens with zero attached hydrogens (tertiary/aromatic N) is 2. The number of halogens is 1. The van der Waals surface area contributed by atoms with Gasteiger partial charge in [-0.1, -0.05) is 17.7 Å². The summed E-state index contributed by atoms with van der Waals surface area (Å²) in [5, 5.41) is 13.7. The van der Waals surface area contributed by atoms with Crippen molar-refractivity contribution >= 4 is 17.6 Å². The van der Waals surface area contributed by atoms with E-state index in [1.165, 1.54) is 6.20 Å². The molecule has 0 fully saturated rings. The monoisotopic (exact) mass is 327 g/mol. The molecule has 8 heteroatoms. The molecule has 0 spiro atoms. The number of carbonyl (C=O) groups excluding carboxylic acids is 1. The van der Waals surface area contributed by atoms with Crippen LogP contribution in [-0.4, -0.2) is 28.0 Å². The van der Waals surface area contributed by atoms with Crippen LogP contribution < -0.4 is 5.32 Å². The molecule has 0 saturated heterocycles. The minimum atomic E-state index is -0.605. The van der Waals surface area contributed by atoms with Crippen LogP contribution in [0.5, 0.6) is 0 Å². The Labute approximate surface area is 133 Å². The summed E-state index contributed by atoms with van der Waals surface area (Å²) < 4.78 is 5.13. The molecule has 0 amide bonds. The predicted octanol–water partition coefficient (Wildman–Crippen LogP) is 2.33. The number of allylic oxidation sites excluding steroid dienone is 1. The van der Waals surface area contributed by atoms with E-state index in [4.69, 9.17) is 16.3 Å². The molecule has 0 aliphatic heterocycles. The molecule has 0 aromatic carbocycles. The van der Waals surface area contributed by atoms with Gasteiger partial charge >= 0.3 is 5.97 Å². The predicted molar refractivity (Wildman–Crippen MR) is 81.9 cm³/mol. The van der Waals surface area contributed by atoms with E-state index in [2.05, 4.69) is 10.3 Å². The SMILES string of the molecule is CC(C)(C)OC(=O)CN/C(=C\[N+](=O)[O-])Cc1ccc(Cl)nc1. The van der Waals surface area contributed by atoms with Gasteiger partial charge in [0, 0.05) is 12.6 Å². The second kappa shape index (κ2) is 7.74. The Bertz CT molecular complexity index is 564. The van der Waals surface area contributed by atoms with Crippen molar-refractivity contribution in [3.8, 4) is 0 Å². The number of nitrogens with one attached hydrogen (secondary N) is 1.